The van der Waals surface area contributed by atoms with Crippen molar-refractivity contribution in [3.8, 4) is 17.2 Å². The molecule has 2 aromatic carbocycles. The molecule has 0 radical (unpaired) electrons. The van der Waals surface area contributed by atoms with Gasteiger partial charge in [-0.15, -0.1) is 0 Å². The van der Waals surface area contributed by atoms with Gasteiger partial charge in [-0.3, -0.25) is 4.79 Å². The number of ether oxygens (including phenoxy) is 2. The maximum atomic E-state index is 12.7. The van der Waals surface area contributed by atoms with Crippen molar-refractivity contribution in [1.82, 2.24) is 0 Å². The molecule has 1 aliphatic rings. The fourth-order valence-corrected chi connectivity index (χ4v) is 2.91. The smallest absolute Gasteiger partial charge is 0.189 e. The van der Waals surface area contributed by atoms with Crippen molar-refractivity contribution in [2.45, 2.75) is 19.8 Å². The highest BCUT2D eigenvalue weighted by Crippen LogP contribution is 2.31. The Balaban J connectivity index is 1.91. The highest BCUT2D eigenvalue weighted by Gasteiger charge is 2.22. The van der Waals surface area contributed by atoms with Crippen LogP contribution in [0.5, 0.6) is 17.2 Å². The molecule has 2 aromatic rings. The van der Waals surface area contributed by atoms with Crippen LogP contribution in [0.15, 0.2) is 42.0 Å². The number of phenols is 1. The maximum absolute atomic E-state index is 12.7. The molecule has 0 saturated heterocycles. The van der Waals surface area contributed by atoms with Gasteiger partial charge in [0.1, 0.15) is 5.75 Å². The van der Waals surface area contributed by atoms with Crippen LogP contribution < -0.4 is 9.47 Å². The number of methoxy groups -OCH3 is 1. The van der Waals surface area contributed by atoms with Gasteiger partial charge >= 0.3 is 0 Å². The van der Waals surface area contributed by atoms with Crippen molar-refractivity contribution in [1.29, 1.82) is 0 Å². The van der Waals surface area contributed by atoms with Crippen LogP contribution in [0.3, 0.4) is 0 Å². The summed E-state index contributed by atoms with van der Waals surface area (Å²) in [7, 11) is 1.62. The molecule has 4 heteroatoms. The Morgan fingerprint density at radius 3 is 2.75 bits per heavy atom. The highest BCUT2D eigenvalue weighted by molar-refractivity contribution is 6.13. The Morgan fingerprint density at radius 2 is 2.00 bits per heavy atom. The lowest BCUT2D eigenvalue weighted by Crippen LogP contribution is -2.14. The molecular weight excluding hydrogens is 304 g/mol. The molecule has 0 fully saturated rings. The van der Waals surface area contributed by atoms with Crippen molar-refractivity contribution in [2.24, 2.45) is 0 Å². The van der Waals surface area contributed by atoms with Gasteiger partial charge in [0.15, 0.2) is 17.3 Å². The second-order valence-corrected chi connectivity index (χ2v) is 5.68. The molecule has 0 saturated carbocycles. The van der Waals surface area contributed by atoms with Crippen molar-refractivity contribution in [3.05, 3.63) is 58.7 Å². The van der Waals surface area contributed by atoms with Crippen LogP contribution >= 0.6 is 0 Å². The summed E-state index contributed by atoms with van der Waals surface area (Å²) in [6.45, 7) is 2.34. The van der Waals surface area contributed by atoms with Crippen LogP contribution in [-0.4, -0.2) is 24.6 Å². The minimum Gasteiger partial charge on any atom is -0.504 e. The Bertz CT molecular complexity index is 805. The van der Waals surface area contributed by atoms with Crippen LogP contribution in [0.1, 0.15) is 34.8 Å². The van der Waals surface area contributed by atoms with Crippen LogP contribution in [0.4, 0.5) is 0 Å². The molecule has 0 bridgehead atoms. The third-order valence-corrected chi connectivity index (χ3v) is 4.14. The fourth-order valence-electron chi connectivity index (χ4n) is 2.91. The second kappa shape index (κ2) is 6.79. The molecule has 3 rings (SSSR count). The Labute approximate surface area is 141 Å². The van der Waals surface area contributed by atoms with Gasteiger partial charge in [-0.05, 0) is 67.3 Å². The van der Waals surface area contributed by atoms with Gasteiger partial charge in [0.2, 0.25) is 0 Å². The van der Waals surface area contributed by atoms with E-state index in [-0.39, 0.29) is 11.5 Å². The number of carbonyl (C=O) groups excluding carboxylic acids is 1. The minimum absolute atomic E-state index is 0.0462. The van der Waals surface area contributed by atoms with E-state index >= 15 is 0 Å². The number of benzene rings is 2. The average Bonchev–Trinajstić information content (AvgIpc) is 2.60. The predicted molar refractivity (Wildman–Crippen MR) is 92.9 cm³/mol. The first-order valence-electron chi connectivity index (χ1n) is 8.00. The summed E-state index contributed by atoms with van der Waals surface area (Å²) >= 11 is 0. The van der Waals surface area contributed by atoms with Crippen LogP contribution in [-0.2, 0) is 6.42 Å². The van der Waals surface area contributed by atoms with E-state index < -0.39 is 0 Å². The Hall–Kier alpha value is -2.75. The number of hydrogen-bond donors (Lipinski definition) is 1. The highest BCUT2D eigenvalue weighted by atomic mass is 16.5. The topological polar surface area (TPSA) is 55.8 Å². The molecule has 0 aromatic heterocycles. The van der Waals surface area contributed by atoms with Gasteiger partial charge in [-0.25, -0.2) is 0 Å². The number of fused-ring (bicyclic) bond motifs is 1. The number of ketones is 1. The first-order chi connectivity index (χ1) is 11.6. The van der Waals surface area contributed by atoms with E-state index in [1.165, 1.54) is 0 Å². The zero-order valence-corrected chi connectivity index (χ0v) is 13.8. The summed E-state index contributed by atoms with van der Waals surface area (Å²) in [6.07, 6.45) is 3.36. The molecule has 1 aliphatic carbocycles. The van der Waals surface area contributed by atoms with Crippen molar-refractivity contribution in [2.75, 3.05) is 13.7 Å². The van der Waals surface area contributed by atoms with Gasteiger partial charge in [0, 0.05) is 11.1 Å². The number of aromatic hydroxyl groups is 1. The number of carbonyl (C=O) groups is 1. The Morgan fingerprint density at radius 1 is 1.17 bits per heavy atom. The van der Waals surface area contributed by atoms with Crippen molar-refractivity contribution < 1.29 is 19.4 Å². The van der Waals surface area contributed by atoms with E-state index in [1.54, 1.807) is 25.3 Å². The van der Waals surface area contributed by atoms with Gasteiger partial charge < -0.3 is 14.6 Å². The van der Waals surface area contributed by atoms with E-state index in [0.29, 0.717) is 18.8 Å². The lowest BCUT2D eigenvalue weighted by Gasteiger charge is -2.18. The number of rotatable bonds is 4. The molecule has 0 spiro atoms. The first-order valence-corrected chi connectivity index (χ1v) is 8.00. The lowest BCUT2D eigenvalue weighted by atomic mass is 9.86. The lowest BCUT2D eigenvalue weighted by molar-refractivity contribution is 0.102. The van der Waals surface area contributed by atoms with Crippen molar-refractivity contribution in [3.63, 3.8) is 0 Å². The van der Waals surface area contributed by atoms with E-state index in [9.17, 15) is 9.90 Å². The minimum atomic E-state index is 0.0462. The summed E-state index contributed by atoms with van der Waals surface area (Å²) < 4.78 is 10.6. The largest absolute Gasteiger partial charge is 0.504 e. The summed E-state index contributed by atoms with van der Waals surface area (Å²) in [5.74, 6) is 1.35. The summed E-state index contributed by atoms with van der Waals surface area (Å²) in [6, 6.07) is 10.7. The van der Waals surface area contributed by atoms with Crippen molar-refractivity contribution >= 4 is 11.9 Å². The second-order valence-electron chi connectivity index (χ2n) is 5.68. The standard InChI is InChI=1S/C20H20O4/c1-3-24-19-11-13(4-9-18(19)21)10-15-6-5-14-12-16(23-2)7-8-17(14)20(15)22/h4,7-12,21H,3,5-6H2,1-2H3/b15-10+. The molecule has 124 valence electrons. The van der Waals surface area contributed by atoms with Crippen LogP contribution in [0, 0.1) is 0 Å². The molecular formula is C20H20O4. The predicted octanol–water partition coefficient (Wildman–Crippen LogP) is 4.01. The maximum Gasteiger partial charge on any atom is 0.189 e. The zero-order valence-electron chi connectivity index (χ0n) is 13.8. The molecule has 0 aliphatic heterocycles. The van der Waals surface area contributed by atoms with E-state index in [2.05, 4.69) is 0 Å². The summed E-state index contributed by atoms with van der Waals surface area (Å²) in [5, 5.41) is 9.78. The Kier molecular flexibility index (Phi) is 4.56. The quantitative estimate of drug-likeness (QED) is 0.863. The SMILES string of the molecule is CCOc1cc(/C=C2\CCc3cc(OC)ccc3C2=O)ccc1O. The van der Waals surface area contributed by atoms with Crippen LogP contribution in [0.25, 0.3) is 6.08 Å². The summed E-state index contributed by atoms with van der Waals surface area (Å²) in [4.78, 5) is 12.7. The van der Waals surface area contributed by atoms with Gasteiger partial charge in [0.05, 0.1) is 13.7 Å². The summed E-state index contributed by atoms with van der Waals surface area (Å²) in [5.41, 5.74) is 3.37. The molecule has 0 atom stereocenters. The molecule has 0 unspecified atom stereocenters. The molecule has 24 heavy (non-hydrogen) atoms. The van der Waals surface area contributed by atoms with Gasteiger partial charge in [-0.2, -0.15) is 0 Å². The zero-order chi connectivity index (χ0) is 17.1. The molecule has 0 heterocycles. The molecule has 0 amide bonds. The number of hydrogen-bond acceptors (Lipinski definition) is 4. The number of aryl methyl sites for hydroxylation is 1. The first kappa shape index (κ1) is 16.1. The van der Waals surface area contributed by atoms with Crippen LogP contribution in [0.2, 0.25) is 0 Å². The number of Topliss-reactive ketones (excluding diaryl/α,β-unsaturated/α-hetero) is 1. The van der Waals surface area contributed by atoms with Gasteiger partial charge in [-0.1, -0.05) is 6.07 Å². The van der Waals surface area contributed by atoms with E-state index in [4.69, 9.17) is 9.47 Å². The normalized spacial score (nSPS) is 15.2. The number of phenolic OH excluding ortho intramolecular Hbond substituents is 1. The fraction of sp³-hybridized carbons (Fsp3) is 0.250. The third-order valence-electron chi connectivity index (χ3n) is 4.14. The number of allylic oxidation sites excluding steroid dienone is 1. The molecule has 1 N–H and O–H groups in total. The molecule has 4 nitrogen and oxygen atoms in total. The van der Waals surface area contributed by atoms with E-state index in [0.717, 1.165) is 34.4 Å². The van der Waals surface area contributed by atoms with E-state index in [1.807, 2.05) is 31.2 Å². The monoisotopic (exact) mass is 324 g/mol. The van der Waals surface area contributed by atoms with Gasteiger partial charge in [0.25, 0.3) is 0 Å². The average molecular weight is 324 g/mol. The third kappa shape index (κ3) is 3.13.